The van der Waals surface area contributed by atoms with Crippen LogP contribution < -0.4 is 15.5 Å². The quantitative estimate of drug-likeness (QED) is 0.772. The summed E-state index contributed by atoms with van der Waals surface area (Å²) in [5.74, 6) is 0.0455. The van der Waals surface area contributed by atoms with Crippen LogP contribution >= 0.6 is 0 Å². The molecule has 0 bridgehead atoms. The number of amides is 3. The first-order valence-electron chi connectivity index (χ1n) is 7.61. The van der Waals surface area contributed by atoms with Gasteiger partial charge in [0.25, 0.3) is 0 Å². The molecule has 120 valence electrons. The Balaban J connectivity index is 1.75. The molecule has 6 heteroatoms. The van der Waals surface area contributed by atoms with Crippen molar-refractivity contribution in [2.75, 3.05) is 38.6 Å². The van der Waals surface area contributed by atoms with Crippen molar-refractivity contribution in [1.82, 2.24) is 15.5 Å². The Bertz CT molecular complexity index is 504. The molecule has 0 saturated carbocycles. The van der Waals surface area contributed by atoms with Gasteiger partial charge in [-0.3, -0.25) is 4.79 Å². The van der Waals surface area contributed by atoms with E-state index in [1.54, 1.807) is 4.90 Å². The minimum Gasteiger partial charge on any atom is -0.338 e. The second-order valence-corrected chi connectivity index (χ2v) is 5.80. The highest BCUT2D eigenvalue weighted by atomic mass is 16.2. The summed E-state index contributed by atoms with van der Waals surface area (Å²) in [7, 11) is 4.00. The van der Waals surface area contributed by atoms with E-state index in [0.717, 1.165) is 18.7 Å². The fourth-order valence-corrected chi connectivity index (χ4v) is 2.50. The number of rotatable bonds is 6. The molecule has 1 saturated heterocycles. The predicted octanol–water partition coefficient (Wildman–Crippen LogP) is 1.04. The maximum absolute atomic E-state index is 12.1. The molecule has 2 N–H and O–H groups in total. The molecular formula is C16H24N4O2. The Morgan fingerprint density at radius 1 is 1.32 bits per heavy atom. The highest BCUT2D eigenvalue weighted by Crippen LogP contribution is 2.20. The first kappa shape index (κ1) is 16.3. The van der Waals surface area contributed by atoms with E-state index in [2.05, 4.69) is 15.5 Å². The smallest absolute Gasteiger partial charge is 0.315 e. The third kappa shape index (κ3) is 4.73. The van der Waals surface area contributed by atoms with Gasteiger partial charge in [-0.1, -0.05) is 18.2 Å². The Labute approximate surface area is 131 Å². The summed E-state index contributed by atoms with van der Waals surface area (Å²) in [5, 5.41) is 5.70. The standard InChI is InChI=1S/C16H24N4O2/c1-19(2)10-6-9-17-16(22)18-13-11-15(21)20(12-13)14-7-4-3-5-8-14/h3-5,7-8,13H,6,9-12H2,1-2H3,(H2,17,18,22)/t13-/m1/s1. The number of hydrogen-bond acceptors (Lipinski definition) is 3. The van der Waals surface area contributed by atoms with Crippen LogP contribution in [0.15, 0.2) is 30.3 Å². The molecule has 1 heterocycles. The van der Waals surface area contributed by atoms with Gasteiger partial charge in [-0.05, 0) is 39.2 Å². The molecule has 3 amide bonds. The molecule has 1 aliphatic heterocycles. The molecule has 0 aromatic heterocycles. The van der Waals surface area contributed by atoms with Crippen LogP contribution in [0.4, 0.5) is 10.5 Å². The van der Waals surface area contributed by atoms with Gasteiger partial charge < -0.3 is 20.4 Å². The zero-order valence-electron chi connectivity index (χ0n) is 13.2. The lowest BCUT2D eigenvalue weighted by molar-refractivity contribution is -0.117. The molecule has 1 aliphatic rings. The van der Waals surface area contributed by atoms with E-state index in [-0.39, 0.29) is 18.0 Å². The van der Waals surface area contributed by atoms with Gasteiger partial charge in [0.1, 0.15) is 0 Å². The van der Waals surface area contributed by atoms with Gasteiger partial charge >= 0.3 is 6.03 Å². The molecule has 1 atom stereocenters. The van der Waals surface area contributed by atoms with Crippen LogP contribution in [0.1, 0.15) is 12.8 Å². The average molecular weight is 304 g/mol. The first-order valence-corrected chi connectivity index (χ1v) is 7.61. The SMILES string of the molecule is CN(C)CCCNC(=O)N[C@@H]1CC(=O)N(c2ccccc2)C1. The van der Waals surface area contributed by atoms with Crippen LogP contribution in [0.2, 0.25) is 0 Å². The van der Waals surface area contributed by atoms with Crippen molar-refractivity contribution in [2.45, 2.75) is 18.9 Å². The molecule has 0 spiro atoms. The number of urea groups is 1. The van der Waals surface area contributed by atoms with Gasteiger partial charge in [-0.25, -0.2) is 4.79 Å². The summed E-state index contributed by atoms with van der Waals surface area (Å²) in [6.07, 6.45) is 1.25. The van der Waals surface area contributed by atoms with Crippen LogP contribution in [0.3, 0.4) is 0 Å². The molecular weight excluding hydrogens is 280 g/mol. The van der Waals surface area contributed by atoms with E-state index in [1.165, 1.54) is 0 Å². The van der Waals surface area contributed by atoms with E-state index < -0.39 is 0 Å². The van der Waals surface area contributed by atoms with Crippen LogP contribution in [-0.4, -0.2) is 56.6 Å². The third-order valence-electron chi connectivity index (χ3n) is 3.60. The second kappa shape index (κ2) is 7.79. The minimum atomic E-state index is -0.202. The molecule has 2 rings (SSSR count). The van der Waals surface area contributed by atoms with Crippen LogP contribution in [0.5, 0.6) is 0 Å². The van der Waals surface area contributed by atoms with E-state index in [4.69, 9.17) is 0 Å². The van der Waals surface area contributed by atoms with Crippen molar-refractivity contribution in [3.8, 4) is 0 Å². The Morgan fingerprint density at radius 2 is 2.05 bits per heavy atom. The van der Waals surface area contributed by atoms with Crippen molar-refractivity contribution in [3.63, 3.8) is 0 Å². The number of benzene rings is 1. The Hall–Kier alpha value is -2.08. The molecule has 6 nitrogen and oxygen atoms in total. The molecule has 1 aromatic rings. The summed E-state index contributed by atoms with van der Waals surface area (Å²) >= 11 is 0. The maximum Gasteiger partial charge on any atom is 0.315 e. The zero-order valence-corrected chi connectivity index (χ0v) is 13.2. The normalized spacial score (nSPS) is 17.9. The Morgan fingerprint density at radius 3 is 2.73 bits per heavy atom. The van der Waals surface area contributed by atoms with Crippen molar-refractivity contribution < 1.29 is 9.59 Å². The summed E-state index contributed by atoms with van der Waals surface area (Å²) in [5.41, 5.74) is 0.878. The average Bonchev–Trinajstić information content (AvgIpc) is 2.85. The number of carbonyl (C=O) groups is 2. The van der Waals surface area contributed by atoms with Crippen molar-refractivity contribution in [3.05, 3.63) is 30.3 Å². The number of anilines is 1. The van der Waals surface area contributed by atoms with E-state index in [9.17, 15) is 9.59 Å². The van der Waals surface area contributed by atoms with Gasteiger partial charge in [0.15, 0.2) is 0 Å². The van der Waals surface area contributed by atoms with Crippen LogP contribution in [-0.2, 0) is 4.79 Å². The lowest BCUT2D eigenvalue weighted by Gasteiger charge is -2.17. The number of para-hydroxylation sites is 1. The minimum absolute atomic E-state index is 0.0455. The molecule has 1 fully saturated rings. The predicted molar refractivity (Wildman–Crippen MR) is 86.9 cm³/mol. The van der Waals surface area contributed by atoms with Gasteiger partial charge in [0.2, 0.25) is 5.91 Å². The largest absolute Gasteiger partial charge is 0.338 e. The molecule has 0 radical (unpaired) electrons. The van der Waals surface area contributed by atoms with Gasteiger partial charge in [0.05, 0.1) is 6.04 Å². The molecule has 1 aromatic carbocycles. The Kier molecular flexibility index (Phi) is 5.77. The second-order valence-electron chi connectivity index (χ2n) is 5.80. The van der Waals surface area contributed by atoms with Gasteiger partial charge in [-0.15, -0.1) is 0 Å². The first-order chi connectivity index (χ1) is 10.6. The number of carbonyl (C=O) groups excluding carboxylic acids is 2. The summed E-state index contributed by atoms with van der Waals surface area (Å²) in [4.78, 5) is 27.7. The van der Waals surface area contributed by atoms with E-state index in [1.807, 2.05) is 44.4 Å². The fraction of sp³-hybridized carbons (Fsp3) is 0.500. The number of hydrogen-bond donors (Lipinski definition) is 2. The molecule has 0 unspecified atom stereocenters. The highest BCUT2D eigenvalue weighted by molar-refractivity contribution is 5.96. The topological polar surface area (TPSA) is 64.7 Å². The summed E-state index contributed by atoms with van der Waals surface area (Å²) < 4.78 is 0. The zero-order chi connectivity index (χ0) is 15.9. The molecule has 22 heavy (non-hydrogen) atoms. The van der Waals surface area contributed by atoms with Crippen LogP contribution in [0, 0.1) is 0 Å². The lowest BCUT2D eigenvalue weighted by atomic mass is 10.2. The maximum atomic E-state index is 12.1. The van der Waals surface area contributed by atoms with Gasteiger partial charge in [-0.2, -0.15) is 0 Å². The highest BCUT2D eigenvalue weighted by Gasteiger charge is 2.31. The van der Waals surface area contributed by atoms with E-state index in [0.29, 0.717) is 19.5 Å². The lowest BCUT2D eigenvalue weighted by Crippen LogP contribution is -2.43. The van der Waals surface area contributed by atoms with E-state index >= 15 is 0 Å². The molecule has 0 aliphatic carbocycles. The third-order valence-corrected chi connectivity index (χ3v) is 3.60. The summed E-state index contributed by atoms with van der Waals surface area (Å²) in [6.45, 7) is 2.09. The summed E-state index contributed by atoms with van der Waals surface area (Å²) in [6, 6.07) is 9.19. The van der Waals surface area contributed by atoms with Crippen molar-refractivity contribution >= 4 is 17.6 Å². The monoisotopic (exact) mass is 304 g/mol. The fourth-order valence-electron chi connectivity index (χ4n) is 2.50. The van der Waals surface area contributed by atoms with Gasteiger partial charge in [0, 0.05) is 25.2 Å². The number of nitrogens with one attached hydrogen (secondary N) is 2. The number of nitrogens with zero attached hydrogens (tertiary/aromatic N) is 2. The van der Waals surface area contributed by atoms with Crippen molar-refractivity contribution in [2.24, 2.45) is 0 Å². The van der Waals surface area contributed by atoms with Crippen molar-refractivity contribution in [1.29, 1.82) is 0 Å². The van der Waals surface area contributed by atoms with Crippen LogP contribution in [0.25, 0.3) is 0 Å².